The highest BCUT2D eigenvalue weighted by Crippen LogP contribution is 2.32. The van der Waals surface area contributed by atoms with Gasteiger partial charge in [-0.25, -0.2) is 10.3 Å². The number of hydrogen-bond acceptors (Lipinski definition) is 8. The number of anilines is 2. The summed E-state index contributed by atoms with van der Waals surface area (Å²) in [5.41, 5.74) is 4.36. The Bertz CT molecular complexity index is 1210. The Morgan fingerprint density at radius 3 is 2.74 bits per heavy atom. The Kier molecular flexibility index (Phi) is 6.39. The molecular weight excluding hydrogens is 458 g/mol. The first-order valence-electron chi connectivity index (χ1n) is 12.3. The first kappa shape index (κ1) is 24.3. The second kappa shape index (κ2) is 9.22. The van der Waals surface area contributed by atoms with Crippen molar-refractivity contribution in [2.24, 2.45) is 0 Å². The average Bonchev–Trinajstić information content (AvgIpc) is 3.46. The van der Waals surface area contributed by atoms with Crippen LogP contribution in [0.5, 0.6) is 0 Å². The third-order valence-electron chi connectivity index (χ3n) is 6.53. The van der Waals surface area contributed by atoms with Crippen molar-refractivity contribution in [3.8, 4) is 0 Å². The van der Waals surface area contributed by atoms with Crippen LogP contribution in [0.1, 0.15) is 75.4 Å². The molecule has 6 N–H and O–H groups in total. The largest absolute Gasteiger partial charge is 0.374 e. The quantitative estimate of drug-likeness (QED) is 0.319. The van der Waals surface area contributed by atoms with E-state index in [0.717, 1.165) is 42.4 Å². The summed E-state index contributed by atoms with van der Waals surface area (Å²) in [6.07, 6.45) is 3.06. The van der Waals surface area contributed by atoms with Crippen LogP contribution in [0.2, 0.25) is 0 Å². The maximum Gasteiger partial charge on any atom is 0.242 e. The van der Waals surface area contributed by atoms with Gasteiger partial charge in [0.05, 0.1) is 10.9 Å². The van der Waals surface area contributed by atoms with Crippen LogP contribution in [0.4, 0.5) is 23.3 Å². The van der Waals surface area contributed by atoms with Crippen molar-refractivity contribution in [3.63, 3.8) is 0 Å². The van der Waals surface area contributed by atoms with Crippen LogP contribution in [0.15, 0.2) is 29.8 Å². The number of aromatic nitrogens is 3. The molecule has 35 heavy (non-hydrogen) atoms. The Labute approximate surface area is 211 Å². The Hall–Kier alpha value is -2.43. The highest BCUT2D eigenvalue weighted by Gasteiger charge is 2.29. The van der Waals surface area contributed by atoms with E-state index in [1.807, 2.05) is 10.7 Å². The number of hydrogen-bond donors (Lipinski definition) is 5. The van der Waals surface area contributed by atoms with Crippen molar-refractivity contribution in [2.45, 2.75) is 77.1 Å². The fourth-order valence-corrected chi connectivity index (χ4v) is 5.27. The number of benzene rings is 1. The Balaban J connectivity index is 1.42. The van der Waals surface area contributed by atoms with Gasteiger partial charge >= 0.3 is 0 Å². The maximum absolute atomic E-state index is 10.8. The maximum atomic E-state index is 10.8. The molecule has 2 aromatic heterocycles. The van der Waals surface area contributed by atoms with Crippen LogP contribution < -0.4 is 21.3 Å². The molecule has 2 aliphatic rings. The van der Waals surface area contributed by atoms with E-state index in [1.165, 1.54) is 11.1 Å². The third-order valence-corrected chi connectivity index (χ3v) is 7.82. The number of aliphatic hydroxyl groups is 1. The summed E-state index contributed by atoms with van der Waals surface area (Å²) < 4.78 is 0. The molecule has 1 aromatic carbocycles. The molecule has 8 nitrogen and oxygen atoms in total. The van der Waals surface area contributed by atoms with Gasteiger partial charge in [-0.15, -0.1) is 11.3 Å². The van der Waals surface area contributed by atoms with E-state index in [0.29, 0.717) is 23.4 Å². The van der Waals surface area contributed by atoms with Crippen molar-refractivity contribution >= 4 is 34.6 Å². The van der Waals surface area contributed by atoms with Gasteiger partial charge in [0.15, 0.2) is 0 Å². The van der Waals surface area contributed by atoms with Crippen molar-refractivity contribution in [2.75, 3.05) is 11.9 Å². The number of fused-ring (bicyclic) bond motifs is 1. The van der Waals surface area contributed by atoms with Gasteiger partial charge in [0.1, 0.15) is 11.2 Å². The summed E-state index contributed by atoms with van der Waals surface area (Å²) in [6, 6.07) is 6.82. The van der Waals surface area contributed by atoms with Crippen LogP contribution in [0.3, 0.4) is 0 Å². The van der Waals surface area contributed by atoms with E-state index in [-0.39, 0.29) is 10.8 Å². The summed E-state index contributed by atoms with van der Waals surface area (Å²) in [5, 5.41) is 26.0. The lowest BCUT2D eigenvalue weighted by atomic mass is 9.79. The predicted molar refractivity (Wildman–Crippen MR) is 140 cm³/mol. The van der Waals surface area contributed by atoms with Crippen molar-refractivity contribution in [1.82, 2.24) is 25.6 Å². The molecule has 186 valence electrons. The third kappa shape index (κ3) is 5.54. The summed E-state index contributed by atoms with van der Waals surface area (Å²) in [4.78, 5) is 14.1. The molecule has 0 amide bonds. The number of nitrogens with two attached hydrogens (primary N) is 1. The lowest BCUT2D eigenvalue weighted by Crippen LogP contribution is -2.72. The summed E-state index contributed by atoms with van der Waals surface area (Å²) in [6.45, 7) is 12.8. The molecule has 5 rings (SSSR count). The predicted octanol–water partition coefficient (Wildman–Crippen LogP) is 3.62. The zero-order chi connectivity index (χ0) is 24.8. The Morgan fingerprint density at radius 2 is 2.03 bits per heavy atom. The standard InChI is InChI=1S/C26H35N7OS/c1-25(2,3)23-32-20(13-35-23)31-21-18(22(34)29-16-6-7-16)12-28-24(33-21)30-17-8-9-19-15(10-17)11-27-14-26(19,4)5/h8-10,12-13,16,22,27,29,34H,6-7,11,14H2,1-5H3,(H2,28,30,31,33)/p+1. The topological polar surface area (TPSA) is 112 Å². The fraction of sp³-hybridized carbons (Fsp3) is 0.500. The number of thiazole rings is 1. The molecular formula is C26H36N7OS+. The van der Waals surface area contributed by atoms with E-state index >= 15 is 0 Å². The van der Waals surface area contributed by atoms with Gasteiger partial charge in [-0.05, 0) is 36.1 Å². The first-order chi connectivity index (χ1) is 16.6. The molecule has 9 heteroatoms. The molecule has 0 spiro atoms. The van der Waals surface area contributed by atoms with E-state index in [2.05, 4.69) is 73.8 Å². The monoisotopic (exact) mass is 494 g/mol. The second-order valence-electron chi connectivity index (χ2n) is 11.3. The van der Waals surface area contributed by atoms with Crippen LogP contribution in [-0.4, -0.2) is 32.6 Å². The molecule has 1 saturated carbocycles. The molecule has 1 aliphatic heterocycles. The smallest absolute Gasteiger partial charge is 0.242 e. The average molecular weight is 495 g/mol. The van der Waals surface area contributed by atoms with Gasteiger partial charge in [-0.1, -0.05) is 40.7 Å². The van der Waals surface area contributed by atoms with Gasteiger partial charge in [-0.3, -0.25) is 5.32 Å². The number of quaternary nitrogens is 1. The van der Waals surface area contributed by atoms with Crippen molar-refractivity contribution in [1.29, 1.82) is 0 Å². The lowest BCUT2D eigenvalue weighted by molar-refractivity contribution is -0.487. The van der Waals surface area contributed by atoms with E-state index < -0.39 is 6.23 Å². The Morgan fingerprint density at radius 1 is 1.23 bits per heavy atom. The number of rotatable bonds is 7. The molecule has 1 atom stereocenters. The van der Waals surface area contributed by atoms with Crippen LogP contribution in [0, 0.1) is 0 Å². The highest BCUT2D eigenvalue weighted by atomic mass is 32.1. The van der Waals surface area contributed by atoms with E-state index in [1.54, 1.807) is 17.5 Å². The van der Waals surface area contributed by atoms with Gasteiger partial charge in [0.25, 0.3) is 0 Å². The van der Waals surface area contributed by atoms with Crippen LogP contribution in [-0.2, 0) is 17.4 Å². The van der Waals surface area contributed by atoms with Gasteiger partial charge < -0.3 is 15.7 Å². The van der Waals surface area contributed by atoms with Crippen molar-refractivity contribution < 1.29 is 10.4 Å². The van der Waals surface area contributed by atoms with Gasteiger partial charge in [0.2, 0.25) is 17.6 Å². The minimum absolute atomic E-state index is 0.0130. The summed E-state index contributed by atoms with van der Waals surface area (Å²) >= 11 is 1.64. The fourth-order valence-electron chi connectivity index (χ4n) is 4.40. The zero-order valence-electron chi connectivity index (χ0n) is 21.1. The molecule has 1 unspecified atom stereocenters. The van der Waals surface area contributed by atoms with E-state index in [4.69, 9.17) is 9.97 Å². The molecule has 3 heterocycles. The first-order valence-corrected chi connectivity index (χ1v) is 13.2. The van der Waals surface area contributed by atoms with Crippen LogP contribution >= 0.6 is 11.3 Å². The molecule has 1 fully saturated rings. The molecule has 0 bridgehead atoms. The lowest BCUT2D eigenvalue weighted by Gasteiger charge is -2.33. The number of nitrogens with one attached hydrogen (secondary N) is 3. The SMILES string of the molecule is CC(C)(C)c1nc([NH2+]c2nc(Nc3ccc4c(c3)CNCC4(C)C)ncc2C(O)NC2CC2)cs1. The number of aliphatic hydroxyl groups excluding tert-OH is 1. The molecule has 1 aliphatic carbocycles. The van der Waals surface area contributed by atoms with Gasteiger partial charge in [0, 0.05) is 41.8 Å². The normalized spacial score (nSPS) is 18.2. The van der Waals surface area contributed by atoms with E-state index in [9.17, 15) is 5.11 Å². The zero-order valence-corrected chi connectivity index (χ0v) is 22.0. The van der Waals surface area contributed by atoms with Gasteiger partial charge in [-0.2, -0.15) is 9.97 Å². The molecule has 3 aromatic rings. The van der Waals surface area contributed by atoms with Crippen molar-refractivity contribution in [3.05, 3.63) is 51.5 Å². The molecule has 0 saturated heterocycles. The minimum atomic E-state index is -0.819. The summed E-state index contributed by atoms with van der Waals surface area (Å²) in [7, 11) is 0. The van der Waals surface area contributed by atoms with Crippen LogP contribution in [0.25, 0.3) is 0 Å². The number of nitrogens with zero attached hydrogens (tertiary/aromatic N) is 3. The summed E-state index contributed by atoms with van der Waals surface area (Å²) in [5.74, 6) is 1.99. The molecule has 0 radical (unpaired) electrons. The minimum Gasteiger partial charge on any atom is -0.374 e. The second-order valence-corrected chi connectivity index (χ2v) is 12.2. The highest BCUT2D eigenvalue weighted by molar-refractivity contribution is 7.10.